The van der Waals surface area contributed by atoms with Gasteiger partial charge in [-0.25, -0.2) is 0 Å². The summed E-state index contributed by atoms with van der Waals surface area (Å²) in [7, 11) is 0. The van der Waals surface area contributed by atoms with Gasteiger partial charge in [0.05, 0.1) is 12.6 Å². The quantitative estimate of drug-likeness (QED) is 0.724. The summed E-state index contributed by atoms with van der Waals surface area (Å²) in [5.41, 5.74) is 2.64. The molecule has 0 bridgehead atoms. The average molecular weight is 337 g/mol. The minimum absolute atomic E-state index is 0.0207. The van der Waals surface area contributed by atoms with E-state index >= 15 is 0 Å². The summed E-state index contributed by atoms with van der Waals surface area (Å²) in [6, 6.07) is 8.51. The molecule has 0 unspecified atom stereocenters. The van der Waals surface area contributed by atoms with Crippen molar-refractivity contribution >= 4 is 0 Å². The summed E-state index contributed by atoms with van der Waals surface area (Å²) >= 11 is 0. The van der Waals surface area contributed by atoms with Gasteiger partial charge in [-0.15, -0.1) is 10.2 Å². The molecule has 3 heterocycles. The number of fused-ring (bicyclic) bond motifs is 1. The fourth-order valence-electron chi connectivity index (χ4n) is 3.45. The number of hydrogen-bond acceptors (Lipinski definition) is 7. The first-order valence-corrected chi connectivity index (χ1v) is 8.69. The molecular formula is C18H19N5O2. The van der Waals surface area contributed by atoms with E-state index in [-0.39, 0.29) is 6.04 Å². The molecule has 0 amide bonds. The van der Waals surface area contributed by atoms with E-state index in [1.165, 1.54) is 24.0 Å². The fraction of sp³-hybridized carbons (Fsp3) is 0.444. The van der Waals surface area contributed by atoms with Gasteiger partial charge in [-0.2, -0.15) is 4.98 Å². The lowest BCUT2D eigenvalue weighted by atomic mass is 9.94. The van der Waals surface area contributed by atoms with Crippen LogP contribution in [0, 0.1) is 6.92 Å². The van der Waals surface area contributed by atoms with Crippen LogP contribution in [0.3, 0.4) is 0 Å². The largest absolute Gasteiger partial charge is 0.424 e. The maximum Gasteiger partial charge on any atom is 0.240 e. The molecule has 1 aliphatic heterocycles. The molecule has 0 spiro atoms. The average Bonchev–Trinajstić information content (AvgIpc) is 3.22. The molecule has 1 atom stereocenters. The first-order chi connectivity index (χ1) is 12.3. The van der Waals surface area contributed by atoms with Crippen molar-refractivity contribution in [3.05, 3.63) is 58.9 Å². The maximum absolute atomic E-state index is 5.73. The fourth-order valence-corrected chi connectivity index (χ4v) is 3.45. The van der Waals surface area contributed by atoms with Crippen LogP contribution >= 0.6 is 0 Å². The SMILES string of the molecule is Cc1nnc([C@@H]2Cc3ccccc3CN2Cc2nc(C3CC3)no2)o1. The Morgan fingerprint density at radius 1 is 1.16 bits per heavy atom. The smallest absolute Gasteiger partial charge is 0.240 e. The minimum Gasteiger partial charge on any atom is -0.424 e. The van der Waals surface area contributed by atoms with Gasteiger partial charge < -0.3 is 8.94 Å². The Labute approximate surface area is 145 Å². The van der Waals surface area contributed by atoms with E-state index in [0.717, 1.165) is 18.8 Å². The van der Waals surface area contributed by atoms with Gasteiger partial charge in [0.2, 0.25) is 17.7 Å². The Bertz CT molecular complexity index is 898. The topological polar surface area (TPSA) is 81.1 Å². The van der Waals surface area contributed by atoms with E-state index < -0.39 is 0 Å². The molecule has 1 aromatic carbocycles. The highest BCUT2D eigenvalue weighted by atomic mass is 16.5. The van der Waals surface area contributed by atoms with Gasteiger partial charge in [-0.1, -0.05) is 29.4 Å². The van der Waals surface area contributed by atoms with E-state index in [1.54, 1.807) is 0 Å². The Morgan fingerprint density at radius 2 is 2.00 bits per heavy atom. The first-order valence-electron chi connectivity index (χ1n) is 8.69. The lowest BCUT2D eigenvalue weighted by molar-refractivity contribution is 0.121. The molecular weight excluding hydrogens is 318 g/mol. The molecule has 2 aromatic heterocycles. The monoisotopic (exact) mass is 337 g/mol. The third-order valence-corrected chi connectivity index (χ3v) is 4.94. The van der Waals surface area contributed by atoms with E-state index in [9.17, 15) is 0 Å². The van der Waals surface area contributed by atoms with Gasteiger partial charge in [0.25, 0.3) is 0 Å². The molecule has 1 aliphatic carbocycles. The van der Waals surface area contributed by atoms with Gasteiger partial charge in [0, 0.05) is 19.4 Å². The van der Waals surface area contributed by atoms with Crippen LogP contribution in [-0.2, 0) is 19.5 Å². The molecule has 0 saturated heterocycles. The molecule has 3 aromatic rings. The number of aromatic nitrogens is 4. The number of rotatable bonds is 4. The van der Waals surface area contributed by atoms with Crippen LogP contribution in [0.4, 0.5) is 0 Å². The van der Waals surface area contributed by atoms with Gasteiger partial charge in [-0.05, 0) is 30.4 Å². The highest BCUT2D eigenvalue weighted by Crippen LogP contribution is 2.38. The third kappa shape index (κ3) is 2.84. The third-order valence-electron chi connectivity index (χ3n) is 4.94. The summed E-state index contributed by atoms with van der Waals surface area (Å²) in [5.74, 6) is 3.23. The molecule has 1 saturated carbocycles. The molecule has 25 heavy (non-hydrogen) atoms. The van der Waals surface area contributed by atoms with Crippen LogP contribution < -0.4 is 0 Å². The molecule has 5 rings (SSSR count). The number of nitrogens with zero attached hydrogens (tertiary/aromatic N) is 5. The first kappa shape index (κ1) is 14.8. The molecule has 7 heteroatoms. The van der Waals surface area contributed by atoms with Crippen molar-refractivity contribution in [2.75, 3.05) is 0 Å². The van der Waals surface area contributed by atoms with Crippen molar-refractivity contribution in [1.82, 2.24) is 25.2 Å². The summed E-state index contributed by atoms with van der Waals surface area (Å²) in [4.78, 5) is 6.85. The van der Waals surface area contributed by atoms with E-state index in [4.69, 9.17) is 8.94 Å². The second-order valence-corrected chi connectivity index (χ2v) is 6.87. The Balaban J connectivity index is 1.45. The standard InChI is InChI=1S/C18H19N5O2/c1-11-20-21-18(24-11)15-8-13-4-2-3-5-14(13)9-23(15)10-16-19-17(22-25-16)12-6-7-12/h2-5,12,15H,6-10H2,1H3/t15-/m0/s1. The summed E-state index contributed by atoms with van der Waals surface area (Å²) < 4.78 is 11.2. The van der Waals surface area contributed by atoms with Crippen molar-refractivity contribution in [2.45, 2.75) is 51.2 Å². The minimum atomic E-state index is 0.0207. The predicted octanol–water partition coefficient (Wildman–Crippen LogP) is 2.94. The second kappa shape index (κ2) is 5.77. The van der Waals surface area contributed by atoms with Crippen LogP contribution in [0.1, 0.15) is 59.4 Å². The zero-order valence-corrected chi connectivity index (χ0v) is 14.1. The molecule has 0 N–H and O–H groups in total. The highest BCUT2D eigenvalue weighted by Gasteiger charge is 2.33. The Kier molecular flexibility index (Phi) is 3.41. The summed E-state index contributed by atoms with van der Waals surface area (Å²) in [6.07, 6.45) is 3.17. The number of hydrogen-bond donors (Lipinski definition) is 0. The van der Waals surface area contributed by atoms with E-state index in [1.807, 2.05) is 6.92 Å². The van der Waals surface area contributed by atoms with Gasteiger partial charge in [0.15, 0.2) is 5.82 Å². The second-order valence-electron chi connectivity index (χ2n) is 6.87. The normalized spacial score (nSPS) is 20.6. The molecule has 1 fully saturated rings. The molecule has 0 radical (unpaired) electrons. The van der Waals surface area contributed by atoms with Crippen LogP contribution in [0.5, 0.6) is 0 Å². The molecule has 7 nitrogen and oxygen atoms in total. The highest BCUT2D eigenvalue weighted by molar-refractivity contribution is 5.30. The van der Waals surface area contributed by atoms with Crippen molar-refractivity contribution in [2.24, 2.45) is 0 Å². The van der Waals surface area contributed by atoms with E-state index in [2.05, 4.69) is 49.5 Å². The van der Waals surface area contributed by atoms with Crippen molar-refractivity contribution in [3.63, 3.8) is 0 Å². The van der Waals surface area contributed by atoms with Crippen molar-refractivity contribution < 1.29 is 8.94 Å². The van der Waals surface area contributed by atoms with Crippen LogP contribution in [-0.4, -0.2) is 25.2 Å². The Hall–Kier alpha value is -2.54. The maximum atomic E-state index is 5.73. The zero-order valence-electron chi connectivity index (χ0n) is 14.1. The van der Waals surface area contributed by atoms with Crippen LogP contribution in [0.2, 0.25) is 0 Å². The predicted molar refractivity (Wildman–Crippen MR) is 87.4 cm³/mol. The van der Waals surface area contributed by atoms with Gasteiger partial charge in [-0.3, -0.25) is 4.90 Å². The van der Waals surface area contributed by atoms with Gasteiger partial charge in [0.1, 0.15) is 0 Å². The van der Waals surface area contributed by atoms with Crippen LogP contribution in [0.25, 0.3) is 0 Å². The summed E-state index contributed by atoms with van der Waals surface area (Å²) in [5, 5.41) is 12.4. The van der Waals surface area contributed by atoms with Crippen molar-refractivity contribution in [3.8, 4) is 0 Å². The van der Waals surface area contributed by atoms with Gasteiger partial charge >= 0.3 is 0 Å². The summed E-state index contributed by atoms with van der Waals surface area (Å²) in [6.45, 7) is 3.20. The van der Waals surface area contributed by atoms with Crippen LogP contribution in [0.15, 0.2) is 33.2 Å². The Morgan fingerprint density at radius 3 is 2.76 bits per heavy atom. The molecule has 2 aliphatic rings. The number of benzene rings is 1. The molecule has 128 valence electrons. The van der Waals surface area contributed by atoms with E-state index in [0.29, 0.717) is 30.1 Å². The zero-order chi connectivity index (χ0) is 16.8. The number of aryl methyl sites for hydroxylation is 1. The lowest BCUT2D eigenvalue weighted by Gasteiger charge is -2.33. The van der Waals surface area contributed by atoms with Crippen molar-refractivity contribution in [1.29, 1.82) is 0 Å². The lowest BCUT2D eigenvalue weighted by Crippen LogP contribution is -2.34.